The lowest BCUT2D eigenvalue weighted by molar-refractivity contribution is -0.139. The summed E-state index contributed by atoms with van der Waals surface area (Å²) in [5, 5.41) is 33.0. The van der Waals surface area contributed by atoms with Gasteiger partial charge < -0.3 is 36.5 Å². The zero-order valence-electron chi connectivity index (χ0n) is 27.3. The first-order valence-corrected chi connectivity index (χ1v) is 15.8. The van der Waals surface area contributed by atoms with Crippen molar-refractivity contribution in [3.8, 4) is 28.7 Å². The number of nitrogens with zero attached hydrogens (tertiary/aromatic N) is 3. The van der Waals surface area contributed by atoms with E-state index in [0.29, 0.717) is 38.9 Å². The summed E-state index contributed by atoms with van der Waals surface area (Å²) in [6.45, 7) is 4.83. The highest BCUT2D eigenvalue weighted by atomic mass is 35.5. The van der Waals surface area contributed by atoms with Crippen LogP contribution < -0.4 is 37.1 Å². The molecule has 4 rings (SSSR count). The Kier molecular flexibility index (Phi) is 12.9. The fourth-order valence-electron chi connectivity index (χ4n) is 5.18. The Morgan fingerprint density at radius 3 is 2.49 bits per heavy atom. The number of aromatic nitrogens is 1. The van der Waals surface area contributed by atoms with Crippen LogP contribution in [-0.2, 0) is 24.6 Å². The van der Waals surface area contributed by atoms with Gasteiger partial charge in [0.15, 0.2) is 0 Å². The number of halogens is 1. The lowest BCUT2D eigenvalue weighted by Crippen LogP contribution is -2.28. The molecule has 256 valence electrons. The van der Waals surface area contributed by atoms with Crippen LogP contribution in [0.4, 0.5) is 5.69 Å². The van der Waals surface area contributed by atoms with Gasteiger partial charge in [0.2, 0.25) is 0 Å². The van der Waals surface area contributed by atoms with E-state index in [4.69, 9.17) is 43.5 Å². The van der Waals surface area contributed by atoms with Crippen molar-refractivity contribution in [1.29, 1.82) is 5.26 Å². The molecule has 49 heavy (non-hydrogen) atoms. The number of benzene rings is 3. The molecule has 1 atom stereocenters. The molecule has 9 N–H and O–H groups in total. The lowest BCUT2D eigenvalue weighted by atomic mass is 9.93. The highest BCUT2D eigenvalue weighted by molar-refractivity contribution is 6.32. The third-order valence-electron chi connectivity index (χ3n) is 7.78. The predicted molar refractivity (Wildman–Crippen MR) is 188 cm³/mol. The molecule has 0 aliphatic heterocycles. The number of hydrogen-bond donors (Lipinski definition) is 6. The quantitative estimate of drug-likeness (QED) is 0.0716. The van der Waals surface area contributed by atoms with E-state index in [1.54, 1.807) is 30.6 Å². The number of nitrogens with one attached hydrogen (secondary N) is 1. The first-order valence-electron chi connectivity index (χ1n) is 15.4. The molecule has 1 aromatic heterocycles. The van der Waals surface area contributed by atoms with E-state index in [-0.39, 0.29) is 39.3 Å². The van der Waals surface area contributed by atoms with Crippen LogP contribution in [0.25, 0.3) is 11.1 Å². The number of ether oxygens (including phenoxy) is 2. The smallest absolute Gasteiger partial charge is 0.306 e. The van der Waals surface area contributed by atoms with Gasteiger partial charge in [0.1, 0.15) is 30.8 Å². The SMILES string of the molecule is Cc1c(COc2cc(OCc3cncc(C#N)c3)c(CNC[C@@H](O)CC(=O)O)cc2Cl)cccc1-c1cccc(N(N)/C=C(\N)CN)c1C. The molecule has 13 heteroatoms. The summed E-state index contributed by atoms with van der Waals surface area (Å²) >= 11 is 6.70. The first kappa shape index (κ1) is 36.7. The van der Waals surface area contributed by atoms with Gasteiger partial charge in [0.05, 0.1) is 28.8 Å². The largest absolute Gasteiger partial charge is 0.488 e. The third-order valence-corrected chi connectivity index (χ3v) is 8.08. The molecule has 0 unspecified atom stereocenters. The fourth-order valence-corrected chi connectivity index (χ4v) is 5.42. The summed E-state index contributed by atoms with van der Waals surface area (Å²) < 4.78 is 12.4. The summed E-state index contributed by atoms with van der Waals surface area (Å²) in [5.74, 6) is 6.04. The van der Waals surface area contributed by atoms with Crippen molar-refractivity contribution < 1.29 is 24.5 Å². The minimum absolute atomic E-state index is 0.0511. The van der Waals surface area contributed by atoms with Crippen LogP contribution in [0.15, 0.2) is 78.9 Å². The molecular weight excluding hydrogens is 646 g/mol. The Morgan fingerprint density at radius 1 is 1.06 bits per heavy atom. The average Bonchev–Trinajstić information content (AvgIpc) is 3.07. The second-order valence-corrected chi connectivity index (χ2v) is 11.8. The van der Waals surface area contributed by atoms with Gasteiger partial charge in [-0.05, 0) is 59.9 Å². The minimum atomic E-state index is -1.09. The summed E-state index contributed by atoms with van der Waals surface area (Å²) in [7, 11) is 0. The van der Waals surface area contributed by atoms with E-state index in [1.165, 1.54) is 11.2 Å². The van der Waals surface area contributed by atoms with E-state index in [2.05, 4.69) is 16.4 Å². The Bertz CT molecular complexity index is 1860. The number of anilines is 1. The summed E-state index contributed by atoms with van der Waals surface area (Å²) in [5.41, 5.74) is 19.5. The Balaban J connectivity index is 1.58. The van der Waals surface area contributed by atoms with Crippen LogP contribution in [-0.4, -0.2) is 40.4 Å². The Hall–Kier alpha value is -5.16. The molecular formula is C36H40ClN7O5. The zero-order chi connectivity index (χ0) is 35.5. The molecule has 0 saturated heterocycles. The van der Waals surface area contributed by atoms with Gasteiger partial charge in [-0.3, -0.25) is 14.8 Å². The maximum absolute atomic E-state index is 10.9. The number of nitriles is 1. The van der Waals surface area contributed by atoms with Crippen LogP contribution in [0.2, 0.25) is 5.02 Å². The average molecular weight is 686 g/mol. The number of nitrogens with two attached hydrogens (primary N) is 3. The van der Waals surface area contributed by atoms with Crippen molar-refractivity contribution in [3.63, 3.8) is 0 Å². The zero-order valence-corrected chi connectivity index (χ0v) is 28.1. The fraction of sp³-hybridized carbons (Fsp3) is 0.250. The van der Waals surface area contributed by atoms with E-state index in [9.17, 15) is 15.2 Å². The van der Waals surface area contributed by atoms with Crippen LogP contribution in [0.1, 0.15) is 39.8 Å². The van der Waals surface area contributed by atoms with E-state index < -0.39 is 12.1 Å². The Labute approximate surface area is 290 Å². The maximum atomic E-state index is 10.9. The summed E-state index contributed by atoms with van der Waals surface area (Å²) in [4.78, 5) is 15.0. The maximum Gasteiger partial charge on any atom is 0.306 e. The van der Waals surface area contributed by atoms with Gasteiger partial charge in [-0.15, -0.1) is 0 Å². The standard InChI is InChI=1S/C36H40ClN7O5/c1-22-26(5-3-6-30(22)31-7-4-8-33(23(31)2)44(41)19-28(40)14-39)21-49-35-12-34(48-20-25-9-24(13-38)15-42-16-25)27(10-32(35)37)17-43-18-29(45)11-36(46)47/h3-10,12,15-16,19,29,43,45H,11,14,17-18,20-21,39-41H2,1-2H3,(H,46,47)/b28-19-/t29-/m0/s1. The molecule has 4 aromatic rings. The molecule has 0 radical (unpaired) electrons. The predicted octanol–water partition coefficient (Wildman–Crippen LogP) is 4.41. The molecule has 0 amide bonds. The third kappa shape index (κ3) is 9.93. The highest BCUT2D eigenvalue weighted by Crippen LogP contribution is 2.36. The molecule has 0 aliphatic carbocycles. The van der Waals surface area contributed by atoms with E-state index >= 15 is 0 Å². The van der Waals surface area contributed by atoms with Crippen molar-refractivity contribution in [3.05, 3.63) is 117 Å². The lowest BCUT2D eigenvalue weighted by Gasteiger charge is -2.21. The van der Waals surface area contributed by atoms with Gasteiger partial charge in [0.25, 0.3) is 0 Å². The number of carbonyl (C=O) groups is 1. The van der Waals surface area contributed by atoms with Gasteiger partial charge in [-0.25, -0.2) is 5.84 Å². The first-order chi connectivity index (χ1) is 23.5. The van der Waals surface area contributed by atoms with E-state index in [0.717, 1.165) is 33.5 Å². The summed E-state index contributed by atoms with van der Waals surface area (Å²) in [6.07, 6.45) is 3.23. The Morgan fingerprint density at radius 2 is 1.78 bits per heavy atom. The molecule has 0 bridgehead atoms. The monoisotopic (exact) mass is 685 g/mol. The normalized spacial score (nSPS) is 11.9. The van der Waals surface area contributed by atoms with Crippen LogP contribution in [0, 0.1) is 25.2 Å². The topological polar surface area (TPSA) is 206 Å². The molecule has 12 nitrogen and oxygen atoms in total. The number of pyridine rings is 1. The van der Waals surface area contributed by atoms with Crippen molar-refractivity contribution in [2.45, 2.75) is 46.1 Å². The van der Waals surface area contributed by atoms with Gasteiger partial charge in [-0.1, -0.05) is 41.9 Å². The van der Waals surface area contributed by atoms with Crippen molar-refractivity contribution in [1.82, 2.24) is 10.3 Å². The van der Waals surface area contributed by atoms with Crippen LogP contribution in [0.5, 0.6) is 11.5 Å². The number of aliphatic carboxylic acids is 1. The number of carboxylic acids is 1. The molecule has 0 saturated carbocycles. The molecule has 0 fully saturated rings. The minimum Gasteiger partial charge on any atom is -0.488 e. The second-order valence-electron chi connectivity index (χ2n) is 11.4. The van der Waals surface area contributed by atoms with Crippen molar-refractivity contribution in [2.24, 2.45) is 17.3 Å². The van der Waals surface area contributed by atoms with Crippen molar-refractivity contribution in [2.75, 3.05) is 18.1 Å². The van der Waals surface area contributed by atoms with Gasteiger partial charge in [-0.2, -0.15) is 5.26 Å². The second kappa shape index (κ2) is 17.3. The molecule has 0 aliphatic rings. The van der Waals surface area contributed by atoms with Crippen LogP contribution in [0.3, 0.4) is 0 Å². The number of carboxylic acid groups (broad SMARTS) is 1. The number of rotatable bonds is 16. The van der Waals surface area contributed by atoms with Crippen LogP contribution >= 0.6 is 11.6 Å². The highest BCUT2D eigenvalue weighted by Gasteiger charge is 2.16. The molecule has 1 heterocycles. The number of hydrogen-bond acceptors (Lipinski definition) is 11. The number of aliphatic hydroxyl groups is 1. The number of hydrazine groups is 1. The van der Waals surface area contributed by atoms with Gasteiger partial charge in [0, 0.05) is 61.1 Å². The van der Waals surface area contributed by atoms with E-state index in [1.807, 2.05) is 50.2 Å². The van der Waals surface area contributed by atoms with Crippen molar-refractivity contribution >= 4 is 23.3 Å². The molecule has 3 aromatic carbocycles. The van der Waals surface area contributed by atoms with Gasteiger partial charge >= 0.3 is 5.97 Å². The number of aliphatic hydroxyl groups excluding tert-OH is 1. The molecule has 0 spiro atoms. The summed E-state index contributed by atoms with van der Waals surface area (Å²) in [6, 6.07) is 19.0.